The van der Waals surface area contributed by atoms with Crippen molar-refractivity contribution in [1.82, 2.24) is 0 Å². The van der Waals surface area contributed by atoms with E-state index < -0.39 is 11.1 Å². The fourth-order valence-corrected chi connectivity index (χ4v) is 0.337. The first-order chi connectivity index (χ1) is 3.68. The molecule has 0 radical (unpaired) electrons. The van der Waals surface area contributed by atoms with Gasteiger partial charge in [0.1, 0.15) is 0 Å². The van der Waals surface area contributed by atoms with Crippen LogP contribution in [0.1, 0.15) is 6.92 Å². The van der Waals surface area contributed by atoms with Crippen LogP contribution < -0.4 is 0 Å². The molecule has 0 aliphatic rings. The molecule has 0 heterocycles. The molecule has 0 spiro atoms. The summed E-state index contributed by atoms with van der Waals surface area (Å²) in [6.45, 7) is 1.83. The molecule has 2 nitrogen and oxygen atoms in total. The van der Waals surface area contributed by atoms with Crippen molar-refractivity contribution in [3.05, 3.63) is 0 Å². The Bertz CT molecular complexity index is 84.1. The Kier molecular flexibility index (Phi) is 3.77. The first-order valence-electron chi connectivity index (χ1n) is 2.13. The van der Waals surface area contributed by atoms with Gasteiger partial charge in [-0.2, -0.15) is 0 Å². The van der Waals surface area contributed by atoms with Crippen molar-refractivity contribution in [3.63, 3.8) is 0 Å². The number of alkyl halides is 2. The van der Waals surface area contributed by atoms with Crippen LogP contribution in [0.2, 0.25) is 0 Å². The molecule has 0 saturated carbocycles. The van der Waals surface area contributed by atoms with Crippen LogP contribution in [0.15, 0.2) is 0 Å². The Balaban J connectivity index is 3.33. The SMILES string of the molecule is CCOC(=O)[C@@H](F)Br. The summed E-state index contributed by atoms with van der Waals surface area (Å²) in [5, 5.41) is -1.68. The summed E-state index contributed by atoms with van der Waals surface area (Å²) in [5.41, 5.74) is 0. The number of hydrogen-bond donors (Lipinski definition) is 0. The van der Waals surface area contributed by atoms with Crippen molar-refractivity contribution in [2.75, 3.05) is 6.61 Å². The summed E-state index contributed by atoms with van der Waals surface area (Å²) in [6, 6.07) is 0. The molecule has 48 valence electrons. The number of halogens is 2. The van der Waals surface area contributed by atoms with Gasteiger partial charge in [-0.25, -0.2) is 9.18 Å². The van der Waals surface area contributed by atoms with E-state index in [2.05, 4.69) is 20.7 Å². The van der Waals surface area contributed by atoms with Gasteiger partial charge >= 0.3 is 5.97 Å². The lowest BCUT2D eigenvalue weighted by Crippen LogP contribution is -2.11. The first kappa shape index (κ1) is 7.88. The molecular weight excluding hydrogens is 179 g/mol. The summed E-state index contributed by atoms with van der Waals surface area (Å²) in [5.74, 6) is -0.868. The molecule has 0 fully saturated rings. The highest BCUT2D eigenvalue weighted by Gasteiger charge is 2.12. The number of carbonyl (C=O) groups excluding carboxylic acids is 1. The van der Waals surface area contributed by atoms with Gasteiger partial charge in [-0.3, -0.25) is 0 Å². The minimum atomic E-state index is -1.68. The predicted octanol–water partition coefficient (Wildman–Crippen LogP) is 1.24. The van der Waals surface area contributed by atoms with Gasteiger partial charge in [-0.1, -0.05) is 0 Å². The third kappa shape index (κ3) is 2.96. The fourth-order valence-electron chi connectivity index (χ4n) is 0.205. The van der Waals surface area contributed by atoms with Crippen LogP contribution in [0.25, 0.3) is 0 Å². The van der Waals surface area contributed by atoms with Crippen LogP contribution in [0.3, 0.4) is 0 Å². The van der Waals surface area contributed by atoms with E-state index in [1.807, 2.05) is 0 Å². The molecule has 0 bridgehead atoms. The molecular formula is C4H6BrFO2. The molecule has 0 amide bonds. The van der Waals surface area contributed by atoms with Crippen molar-refractivity contribution in [2.45, 2.75) is 12.0 Å². The van der Waals surface area contributed by atoms with E-state index in [9.17, 15) is 9.18 Å². The average Bonchev–Trinajstić information content (AvgIpc) is 1.67. The van der Waals surface area contributed by atoms with Gasteiger partial charge in [-0.05, 0) is 22.9 Å². The standard InChI is InChI=1S/C4H6BrFO2/c1-2-8-4(7)3(5)6/h3H,2H2,1H3/t3-/m1/s1. The second-order valence-electron chi connectivity index (χ2n) is 1.05. The van der Waals surface area contributed by atoms with Crippen molar-refractivity contribution < 1.29 is 13.9 Å². The number of hydrogen-bond acceptors (Lipinski definition) is 2. The van der Waals surface area contributed by atoms with Crippen LogP contribution in [-0.4, -0.2) is 17.7 Å². The third-order valence-electron chi connectivity index (χ3n) is 0.465. The van der Waals surface area contributed by atoms with Gasteiger partial charge in [0.15, 0.2) is 0 Å². The molecule has 4 heteroatoms. The zero-order valence-corrected chi connectivity index (χ0v) is 5.94. The van der Waals surface area contributed by atoms with Gasteiger partial charge < -0.3 is 4.74 Å². The zero-order chi connectivity index (χ0) is 6.57. The topological polar surface area (TPSA) is 26.3 Å². The maximum Gasteiger partial charge on any atom is 0.351 e. The molecule has 0 aromatic heterocycles. The molecule has 0 unspecified atom stereocenters. The Hall–Kier alpha value is -0.120. The normalized spacial score (nSPS) is 12.9. The largest absolute Gasteiger partial charge is 0.463 e. The van der Waals surface area contributed by atoms with E-state index in [1.54, 1.807) is 6.92 Å². The maximum atomic E-state index is 11.7. The monoisotopic (exact) mass is 184 g/mol. The van der Waals surface area contributed by atoms with E-state index in [1.165, 1.54) is 0 Å². The molecule has 0 aromatic rings. The summed E-state index contributed by atoms with van der Waals surface area (Å²) in [4.78, 5) is 10.1. The fraction of sp³-hybridized carbons (Fsp3) is 0.750. The first-order valence-corrected chi connectivity index (χ1v) is 3.04. The quantitative estimate of drug-likeness (QED) is 0.477. The minimum Gasteiger partial charge on any atom is -0.463 e. The van der Waals surface area contributed by atoms with Gasteiger partial charge in [0.2, 0.25) is 0 Å². The van der Waals surface area contributed by atoms with Gasteiger partial charge in [-0.15, -0.1) is 0 Å². The van der Waals surface area contributed by atoms with Gasteiger partial charge in [0.25, 0.3) is 5.08 Å². The van der Waals surface area contributed by atoms with Crippen LogP contribution in [0.5, 0.6) is 0 Å². The van der Waals surface area contributed by atoms with E-state index in [-0.39, 0.29) is 6.61 Å². The van der Waals surface area contributed by atoms with Gasteiger partial charge in [0.05, 0.1) is 6.61 Å². The Morgan fingerprint density at radius 2 is 2.50 bits per heavy atom. The minimum absolute atomic E-state index is 0.213. The highest BCUT2D eigenvalue weighted by atomic mass is 79.9. The second-order valence-corrected chi connectivity index (χ2v) is 1.86. The van der Waals surface area contributed by atoms with E-state index in [0.717, 1.165) is 0 Å². The summed E-state index contributed by atoms with van der Waals surface area (Å²) in [6.07, 6.45) is 0. The van der Waals surface area contributed by atoms with E-state index in [4.69, 9.17) is 0 Å². The summed E-state index contributed by atoms with van der Waals surface area (Å²) >= 11 is 2.40. The van der Waals surface area contributed by atoms with E-state index >= 15 is 0 Å². The van der Waals surface area contributed by atoms with Crippen LogP contribution in [0, 0.1) is 0 Å². The third-order valence-corrected chi connectivity index (χ3v) is 0.839. The molecule has 0 aliphatic heterocycles. The molecule has 1 atom stereocenters. The lowest BCUT2D eigenvalue weighted by atomic mass is 10.7. The van der Waals surface area contributed by atoms with Crippen LogP contribution in [-0.2, 0) is 9.53 Å². The lowest BCUT2D eigenvalue weighted by Gasteiger charge is -1.97. The number of rotatable bonds is 2. The molecule has 0 saturated heterocycles. The molecule has 8 heavy (non-hydrogen) atoms. The van der Waals surface area contributed by atoms with Crippen LogP contribution in [0.4, 0.5) is 4.39 Å². The highest BCUT2D eigenvalue weighted by Crippen LogP contribution is 2.01. The molecule has 0 aromatic carbocycles. The number of ether oxygens (including phenoxy) is 1. The predicted molar refractivity (Wildman–Crippen MR) is 30.5 cm³/mol. The Morgan fingerprint density at radius 1 is 2.00 bits per heavy atom. The Morgan fingerprint density at radius 3 is 2.62 bits per heavy atom. The number of carbonyl (C=O) groups is 1. The maximum absolute atomic E-state index is 11.7. The van der Waals surface area contributed by atoms with Crippen molar-refractivity contribution in [1.29, 1.82) is 0 Å². The molecule has 0 N–H and O–H groups in total. The summed E-state index contributed by atoms with van der Waals surface area (Å²) < 4.78 is 16.0. The molecule has 0 aliphatic carbocycles. The van der Waals surface area contributed by atoms with Crippen molar-refractivity contribution in [3.8, 4) is 0 Å². The van der Waals surface area contributed by atoms with Crippen molar-refractivity contribution in [2.24, 2.45) is 0 Å². The van der Waals surface area contributed by atoms with Crippen molar-refractivity contribution >= 4 is 21.9 Å². The smallest absolute Gasteiger partial charge is 0.351 e. The molecule has 0 rings (SSSR count). The second kappa shape index (κ2) is 3.83. The highest BCUT2D eigenvalue weighted by molar-refractivity contribution is 9.09. The lowest BCUT2D eigenvalue weighted by molar-refractivity contribution is -0.145. The Labute approximate surface area is 55.1 Å². The zero-order valence-electron chi connectivity index (χ0n) is 4.36. The summed E-state index contributed by atoms with van der Waals surface area (Å²) in [7, 11) is 0. The number of esters is 1. The average molecular weight is 185 g/mol. The van der Waals surface area contributed by atoms with Gasteiger partial charge in [0, 0.05) is 0 Å². The van der Waals surface area contributed by atoms with E-state index in [0.29, 0.717) is 0 Å². The van der Waals surface area contributed by atoms with Crippen LogP contribution >= 0.6 is 15.9 Å².